The fraction of sp³-hybridized carbons (Fsp3) is 0.800. The largest absolute Gasteiger partial charge is 0.394 e. The van der Waals surface area contributed by atoms with Gasteiger partial charge in [-0.15, -0.1) is 0 Å². The number of rotatable bonds is 71. The van der Waals surface area contributed by atoms with Crippen molar-refractivity contribution in [1.29, 1.82) is 0 Å². The molecule has 94 heavy (non-hydrogen) atoms. The number of carbonyl (C=O) groups is 1. The van der Waals surface area contributed by atoms with Crippen LogP contribution in [0.3, 0.4) is 0 Å². The monoisotopic (exact) mass is 1320 g/mol. The lowest BCUT2D eigenvalue weighted by atomic mass is 9.99. The van der Waals surface area contributed by atoms with E-state index in [0.29, 0.717) is 6.42 Å². The third-order valence-electron chi connectivity index (χ3n) is 18.9. The molecule has 1 heterocycles. The zero-order chi connectivity index (χ0) is 67.8. The molecule has 7 unspecified atom stereocenters. The van der Waals surface area contributed by atoms with Gasteiger partial charge in [0.05, 0.1) is 25.4 Å². The number of nitrogens with one attached hydrogen (secondary N) is 1. The maximum atomic E-state index is 13.2. The van der Waals surface area contributed by atoms with Gasteiger partial charge in [0.1, 0.15) is 24.4 Å². The average Bonchev–Trinajstić information content (AvgIpc) is 0.829. The Morgan fingerprint density at radius 3 is 1.02 bits per heavy atom. The molecule has 0 bridgehead atoms. The van der Waals surface area contributed by atoms with Gasteiger partial charge in [0.15, 0.2) is 6.29 Å². The summed E-state index contributed by atoms with van der Waals surface area (Å²) in [6.07, 6.45) is 99.9. The topological polar surface area (TPSA) is 149 Å². The summed E-state index contributed by atoms with van der Waals surface area (Å²) < 4.78 is 11.3. The van der Waals surface area contributed by atoms with E-state index in [-0.39, 0.29) is 12.5 Å². The Kier molecular flexibility index (Phi) is 69.1. The standard InChI is InChI=1S/C85H153NO8/c1-3-5-7-9-11-13-15-17-19-21-23-25-27-29-31-33-35-37-38-39-40-41-42-43-45-47-49-51-53-55-57-59-61-63-65-67-69-71-73-75-81(89)86-78(77-93-85-84(92)83(91)82(90)80(76-87)94-85)79(88)74-72-70-68-66-64-62-60-58-56-54-52-50-48-46-44-36-34-32-30-28-26-24-22-20-18-16-14-12-10-8-6-4-2/h5,7,11,13,17,19,23,25,29,31,56,58,64,66,72,74,78-80,82-85,87-88,90-92H,3-4,6,8-10,12,14-16,18,20-22,24,26-28,30,32-55,57,59-63,65,67-71,73,75-77H2,1-2H3,(H,86,89)/b7-5-,13-11-,19-17-,25-23-,31-29-,58-56+,66-64+,74-72+. The van der Waals surface area contributed by atoms with Crippen molar-refractivity contribution in [3.8, 4) is 0 Å². The van der Waals surface area contributed by atoms with E-state index in [2.05, 4.69) is 104 Å². The van der Waals surface area contributed by atoms with Gasteiger partial charge in [0, 0.05) is 6.42 Å². The molecule has 1 amide bonds. The van der Waals surface area contributed by atoms with Gasteiger partial charge < -0.3 is 40.3 Å². The van der Waals surface area contributed by atoms with Crippen LogP contribution >= 0.6 is 0 Å². The van der Waals surface area contributed by atoms with E-state index < -0.39 is 49.5 Å². The second-order valence-electron chi connectivity index (χ2n) is 27.8. The minimum absolute atomic E-state index is 0.186. The van der Waals surface area contributed by atoms with Gasteiger partial charge in [-0.05, 0) is 89.9 Å². The number of ether oxygens (including phenoxy) is 2. The molecule has 546 valence electrons. The van der Waals surface area contributed by atoms with Gasteiger partial charge in [-0.3, -0.25) is 4.79 Å². The van der Waals surface area contributed by atoms with Crippen LogP contribution in [0.5, 0.6) is 0 Å². The lowest BCUT2D eigenvalue weighted by Crippen LogP contribution is -2.60. The molecule has 1 aliphatic heterocycles. The highest BCUT2D eigenvalue weighted by Gasteiger charge is 2.44. The van der Waals surface area contributed by atoms with E-state index >= 15 is 0 Å². The molecule has 9 nitrogen and oxygen atoms in total. The van der Waals surface area contributed by atoms with Gasteiger partial charge in [0.2, 0.25) is 5.91 Å². The fourth-order valence-corrected chi connectivity index (χ4v) is 12.6. The lowest BCUT2D eigenvalue weighted by molar-refractivity contribution is -0.302. The molecular formula is C85H153NO8. The maximum absolute atomic E-state index is 13.2. The van der Waals surface area contributed by atoms with Gasteiger partial charge >= 0.3 is 0 Å². The van der Waals surface area contributed by atoms with Crippen LogP contribution < -0.4 is 5.32 Å². The van der Waals surface area contributed by atoms with Gasteiger partial charge in [-0.2, -0.15) is 0 Å². The first kappa shape index (κ1) is 89.1. The third kappa shape index (κ3) is 60.3. The summed E-state index contributed by atoms with van der Waals surface area (Å²) in [5, 5.41) is 54.9. The summed E-state index contributed by atoms with van der Waals surface area (Å²) in [4.78, 5) is 13.2. The number of aliphatic hydroxyl groups excluding tert-OH is 5. The van der Waals surface area contributed by atoms with Crippen LogP contribution in [0.4, 0.5) is 0 Å². The summed E-state index contributed by atoms with van der Waals surface area (Å²) >= 11 is 0. The van der Waals surface area contributed by atoms with Crippen LogP contribution in [0.15, 0.2) is 97.2 Å². The van der Waals surface area contributed by atoms with E-state index in [0.717, 1.165) is 77.0 Å². The molecule has 1 rings (SSSR count). The van der Waals surface area contributed by atoms with Crippen molar-refractivity contribution in [3.63, 3.8) is 0 Å². The number of hydrogen-bond acceptors (Lipinski definition) is 8. The predicted molar refractivity (Wildman–Crippen MR) is 405 cm³/mol. The molecular weight excluding hydrogens is 1160 g/mol. The van der Waals surface area contributed by atoms with Crippen molar-refractivity contribution >= 4 is 5.91 Å². The second kappa shape index (κ2) is 72.8. The number of aliphatic hydroxyl groups is 5. The highest BCUT2D eigenvalue weighted by atomic mass is 16.7. The van der Waals surface area contributed by atoms with Crippen LogP contribution in [0.25, 0.3) is 0 Å². The summed E-state index contributed by atoms with van der Waals surface area (Å²) in [5.41, 5.74) is 0. The molecule has 6 N–H and O–H groups in total. The molecule has 0 aromatic carbocycles. The van der Waals surface area contributed by atoms with Crippen LogP contribution in [0, 0.1) is 0 Å². The second-order valence-corrected chi connectivity index (χ2v) is 27.8. The Balaban J connectivity index is 2.09. The zero-order valence-electron chi connectivity index (χ0n) is 61.5. The minimum atomic E-state index is -1.58. The van der Waals surface area contributed by atoms with Crippen LogP contribution in [0.2, 0.25) is 0 Å². The molecule has 1 saturated heterocycles. The molecule has 0 aromatic rings. The molecule has 1 fully saturated rings. The van der Waals surface area contributed by atoms with E-state index in [1.807, 2.05) is 6.08 Å². The van der Waals surface area contributed by atoms with Crippen molar-refractivity contribution in [3.05, 3.63) is 97.2 Å². The summed E-state index contributed by atoms with van der Waals surface area (Å²) in [6, 6.07) is -0.833. The van der Waals surface area contributed by atoms with E-state index in [4.69, 9.17) is 9.47 Å². The molecule has 7 atom stereocenters. The number of carbonyl (C=O) groups excluding carboxylic acids is 1. The van der Waals surface area contributed by atoms with E-state index in [1.165, 1.54) is 283 Å². The Morgan fingerprint density at radius 2 is 0.670 bits per heavy atom. The summed E-state index contributed by atoms with van der Waals surface area (Å²) in [6.45, 7) is 3.69. The van der Waals surface area contributed by atoms with Crippen molar-refractivity contribution < 1.29 is 39.8 Å². The van der Waals surface area contributed by atoms with Crippen molar-refractivity contribution in [2.24, 2.45) is 0 Å². The zero-order valence-corrected chi connectivity index (χ0v) is 61.5. The smallest absolute Gasteiger partial charge is 0.220 e. The predicted octanol–water partition coefficient (Wildman–Crippen LogP) is 23.4. The number of amides is 1. The van der Waals surface area contributed by atoms with Crippen molar-refractivity contribution in [2.75, 3.05) is 13.2 Å². The lowest BCUT2D eigenvalue weighted by Gasteiger charge is -2.40. The third-order valence-corrected chi connectivity index (χ3v) is 18.9. The van der Waals surface area contributed by atoms with Crippen molar-refractivity contribution in [2.45, 2.75) is 423 Å². The van der Waals surface area contributed by atoms with Crippen molar-refractivity contribution in [1.82, 2.24) is 5.32 Å². The molecule has 0 radical (unpaired) electrons. The highest BCUT2D eigenvalue weighted by Crippen LogP contribution is 2.24. The molecule has 0 aromatic heterocycles. The Hall–Kier alpha value is -2.89. The SMILES string of the molecule is CC/C=C\C/C=C\C/C=C\C/C=C\C/C=C\CCCCCCCCCCCCCCCCCCCCCCCCCC(=O)NC(COC1OC(CO)C(O)C(O)C1O)C(O)/C=C/CC/C=C/CC/C=C/CCCCCCCCCCCCCCCCCCCCCCCC. The molecule has 9 heteroatoms. The van der Waals surface area contributed by atoms with Crippen LogP contribution in [0.1, 0.15) is 380 Å². The number of allylic oxidation sites excluding steroid dienone is 15. The average molecular weight is 1320 g/mol. The fourth-order valence-electron chi connectivity index (χ4n) is 12.6. The van der Waals surface area contributed by atoms with Gasteiger partial charge in [-0.25, -0.2) is 0 Å². The van der Waals surface area contributed by atoms with E-state index in [1.54, 1.807) is 6.08 Å². The normalized spacial score (nSPS) is 18.1. The first-order chi connectivity index (χ1) is 46.3. The molecule has 1 aliphatic rings. The van der Waals surface area contributed by atoms with Crippen LogP contribution in [-0.4, -0.2) is 87.5 Å². The Labute approximate surface area is 581 Å². The highest BCUT2D eigenvalue weighted by molar-refractivity contribution is 5.76. The summed E-state index contributed by atoms with van der Waals surface area (Å²) in [5.74, 6) is -0.186. The summed E-state index contributed by atoms with van der Waals surface area (Å²) in [7, 11) is 0. The first-order valence-electron chi connectivity index (χ1n) is 40.5. The van der Waals surface area contributed by atoms with Crippen LogP contribution in [-0.2, 0) is 14.3 Å². The number of unbranched alkanes of at least 4 members (excludes halogenated alkanes) is 47. The van der Waals surface area contributed by atoms with Gasteiger partial charge in [0.25, 0.3) is 0 Å². The molecule has 0 saturated carbocycles. The quantitative estimate of drug-likeness (QED) is 0.0261. The molecule has 0 aliphatic carbocycles. The molecule has 0 spiro atoms. The number of hydrogen-bond donors (Lipinski definition) is 6. The Morgan fingerprint density at radius 1 is 0.372 bits per heavy atom. The first-order valence-corrected chi connectivity index (χ1v) is 40.5. The maximum Gasteiger partial charge on any atom is 0.220 e. The van der Waals surface area contributed by atoms with Gasteiger partial charge in [-0.1, -0.05) is 381 Å². The minimum Gasteiger partial charge on any atom is -0.394 e. The van der Waals surface area contributed by atoms with E-state index in [9.17, 15) is 30.3 Å². The Bertz CT molecular complexity index is 1820.